The first-order valence-corrected chi connectivity index (χ1v) is 1.06. The van der Waals surface area contributed by atoms with Crippen molar-refractivity contribution in [1.29, 1.82) is 0 Å². The fourth-order valence-electron chi connectivity index (χ4n) is 0. The molecule has 1 radical (unpaired) electrons. The standard InChI is InChI=1S/C3H5O.V/c1-3(2)4;/h1H2,2H3;/q-1;. The normalized spacial score (nSPS) is 5.00. The summed E-state index contributed by atoms with van der Waals surface area (Å²) in [5.41, 5.74) is 0. The molecule has 0 N–H and O–H groups in total. The largest absolute Gasteiger partial charge is 0.340 e. The van der Waals surface area contributed by atoms with E-state index in [1.807, 2.05) is 0 Å². The molecule has 0 aliphatic rings. The number of rotatable bonds is 0. The van der Waals surface area contributed by atoms with E-state index in [0.29, 0.717) is 0 Å². The van der Waals surface area contributed by atoms with Crippen molar-refractivity contribution in [3.05, 3.63) is 6.92 Å². The molecule has 0 atom stereocenters. The van der Waals surface area contributed by atoms with Crippen LogP contribution in [0.15, 0.2) is 0 Å². The van der Waals surface area contributed by atoms with Gasteiger partial charge in [0.05, 0.1) is 0 Å². The molecule has 0 aromatic carbocycles. The molecule has 0 unspecified atom stereocenters. The van der Waals surface area contributed by atoms with E-state index in [9.17, 15) is 4.79 Å². The topological polar surface area (TPSA) is 17.1 Å². The Labute approximate surface area is 43.6 Å². The molecule has 0 fully saturated rings. The molecule has 0 rings (SSSR count). The molecule has 0 aliphatic carbocycles. The van der Waals surface area contributed by atoms with Gasteiger partial charge in [-0.25, -0.2) is 0 Å². The molecule has 5 heavy (non-hydrogen) atoms. The summed E-state index contributed by atoms with van der Waals surface area (Å²) in [6, 6.07) is 0. The summed E-state index contributed by atoms with van der Waals surface area (Å²) in [7, 11) is 0. The van der Waals surface area contributed by atoms with E-state index in [1.165, 1.54) is 6.92 Å². The molecule has 29 valence electrons. The minimum absolute atomic E-state index is 0. The van der Waals surface area contributed by atoms with Crippen molar-refractivity contribution < 1.29 is 23.4 Å². The van der Waals surface area contributed by atoms with Crippen molar-refractivity contribution in [3.8, 4) is 0 Å². The van der Waals surface area contributed by atoms with E-state index in [4.69, 9.17) is 0 Å². The van der Waals surface area contributed by atoms with E-state index in [-0.39, 0.29) is 24.3 Å². The van der Waals surface area contributed by atoms with Gasteiger partial charge >= 0.3 is 0 Å². The molecule has 0 amide bonds. The molecule has 0 bridgehead atoms. The van der Waals surface area contributed by atoms with Crippen LogP contribution < -0.4 is 0 Å². The van der Waals surface area contributed by atoms with Crippen molar-refractivity contribution in [2.45, 2.75) is 6.92 Å². The van der Waals surface area contributed by atoms with Gasteiger partial charge in [-0.05, 0) is 12.7 Å². The third-order valence-electron chi connectivity index (χ3n) is 0. The maximum Gasteiger partial charge on any atom is 0 e. The van der Waals surface area contributed by atoms with Gasteiger partial charge in [0.2, 0.25) is 0 Å². The summed E-state index contributed by atoms with van der Waals surface area (Å²) in [6.07, 6.45) is 0. The van der Waals surface area contributed by atoms with Gasteiger partial charge in [-0.2, -0.15) is 0 Å². The summed E-state index contributed by atoms with van der Waals surface area (Å²) in [5.74, 6) is -0.0833. The zero-order chi connectivity index (χ0) is 3.58. The van der Waals surface area contributed by atoms with Crippen LogP contribution in [-0.2, 0) is 23.4 Å². The first kappa shape index (κ1) is 8.93. The number of Topliss-reactive ketones (excluding diaryl/α,β-unsaturated/α-hetero) is 1. The molecule has 2 heteroatoms. The summed E-state index contributed by atoms with van der Waals surface area (Å²) < 4.78 is 0. The van der Waals surface area contributed by atoms with Gasteiger partial charge in [0.1, 0.15) is 0 Å². The molecule has 0 spiro atoms. The van der Waals surface area contributed by atoms with E-state index < -0.39 is 0 Å². The van der Waals surface area contributed by atoms with Gasteiger partial charge in [0, 0.05) is 18.6 Å². The first-order chi connectivity index (χ1) is 1.73. The van der Waals surface area contributed by atoms with Gasteiger partial charge in [-0.1, -0.05) is 0 Å². The summed E-state index contributed by atoms with van der Waals surface area (Å²) >= 11 is 0. The zero-order valence-electron chi connectivity index (χ0n) is 3.06. The van der Waals surface area contributed by atoms with Gasteiger partial charge in [-0.3, -0.25) is 0 Å². The maximum absolute atomic E-state index is 9.33. The third kappa shape index (κ3) is 1200. The zero-order valence-corrected chi connectivity index (χ0v) is 4.46. The number of carbonyl (C=O) groups excluding carboxylic acids is 1. The Morgan fingerprint density at radius 1 is 1.80 bits per heavy atom. The van der Waals surface area contributed by atoms with Gasteiger partial charge in [0.25, 0.3) is 0 Å². The Bertz CT molecular complexity index is 29.9. The van der Waals surface area contributed by atoms with Crippen LogP contribution in [0.4, 0.5) is 0 Å². The molecule has 0 saturated heterocycles. The summed E-state index contributed by atoms with van der Waals surface area (Å²) in [5, 5.41) is 0. The average molecular weight is 108 g/mol. The Hall–Kier alpha value is 0.124. The predicted molar refractivity (Wildman–Crippen MR) is 16.0 cm³/mol. The first-order valence-electron chi connectivity index (χ1n) is 1.06. The number of ketones is 1. The number of carbonyl (C=O) groups is 1. The predicted octanol–water partition coefficient (Wildman–Crippen LogP) is 0.407. The minimum atomic E-state index is -0.0833. The van der Waals surface area contributed by atoms with Gasteiger partial charge in [-0.15, -0.1) is 0 Å². The van der Waals surface area contributed by atoms with E-state index in [1.54, 1.807) is 0 Å². The second-order valence-electron chi connectivity index (χ2n) is 0.702. The molecule has 0 saturated carbocycles. The smallest absolute Gasteiger partial charge is 0 e. The van der Waals surface area contributed by atoms with Crippen LogP contribution in [0, 0.1) is 6.92 Å². The molecule has 0 aliphatic heterocycles. The SMILES string of the molecule is [CH2-]C(C)=O.[V]. The fourth-order valence-corrected chi connectivity index (χ4v) is 0. The molecule has 0 heterocycles. The van der Waals surface area contributed by atoms with Crippen LogP contribution in [0.1, 0.15) is 6.92 Å². The Balaban J connectivity index is 0. The molecule has 0 aromatic heterocycles. The quantitative estimate of drug-likeness (QED) is 0.410. The molecular formula is C3H5OV-. The van der Waals surface area contributed by atoms with Crippen molar-refractivity contribution in [1.82, 2.24) is 0 Å². The van der Waals surface area contributed by atoms with E-state index in [0.717, 1.165) is 0 Å². The Morgan fingerprint density at radius 3 is 1.80 bits per heavy atom. The third-order valence-corrected chi connectivity index (χ3v) is 0. The average Bonchev–Trinajstić information content (AvgIpc) is 0.811. The second kappa shape index (κ2) is 4.12. The van der Waals surface area contributed by atoms with Crippen molar-refractivity contribution in [2.24, 2.45) is 0 Å². The van der Waals surface area contributed by atoms with Crippen molar-refractivity contribution in [2.75, 3.05) is 0 Å². The van der Waals surface area contributed by atoms with Crippen LogP contribution in [0.2, 0.25) is 0 Å². The Kier molecular flexibility index (Phi) is 7.37. The van der Waals surface area contributed by atoms with Crippen molar-refractivity contribution in [3.63, 3.8) is 0 Å². The van der Waals surface area contributed by atoms with Crippen LogP contribution >= 0.6 is 0 Å². The second-order valence-corrected chi connectivity index (χ2v) is 0.702. The summed E-state index contributed by atoms with van der Waals surface area (Å²) in [6.45, 7) is 4.42. The molecular weight excluding hydrogens is 103 g/mol. The van der Waals surface area contributed by atoms with Crippen LogP contribution in [0.3, 0.4) is 0 Å². The number of hydrogen-bond donors (Lipinski definition) is 0. The monoisotopic (exact) mass is 108 g/mol. The number of hydrogen-bond acceptors (Lipinski definition) is 1. The fraction of sp³-hybridized carbons (Fsp3) is 0.333. The molecule has 0 aromatic rings. The summed E-state index contributed by atoms with van der Waals surface area (Å²) in [4.78, 5) is 9.33. The van der Waals surface area contributed by atoms with Crippen LogP contribution in [0.25, 0.3) is 0 Å². The van der Waals surface area contributed by atoms with E-state index in [2.05, 4.69) is 6.92 Å². The van der Waals surface area contributed by atoms with Crippen LogP contribution in [0.5, 0.6) is 0 Å². The van der Waals surface area contributed by atoms with Crippen molar-refractivity contribution >= 4 is 5.78 Å². The van der Waals surface area contributed by atoms with Crippen LogP contribution in [-0.4, -0.2) is 5.78 Å². The Morgan fingerprint density at radius 2 is 1.80 bits per heavy atom. The van der Waals surface area contributed by atoms with E-state index >= 15 is 0 Å². The molecule has 1 nitrogen and oxygen atoms in total. The van der Waals surface area contributed by atoms with Gasteiger partial charge in [0.15, 0.2) is 0 Å². The maximum atomic E-state index is 9.33. The van der Waals surface area contributed by atoms with Gasteiger partial charge < -0.3 is 11.7 Å². The minimum Gasteiger partial charge on any atom is -0.340 e.